The molecule has 1 aromatic rings. The van der Waals surface area contributed by atoms with Crippen LogP contribution in [0.3, 0.4) is 0 Å². The lowest BCUT2D eigenvalue weighted by Crippen LogP contribution is -2.36. The Morgan fingerprint density at radius 3 is 2.50 bits per heavy atom. The van der Waals surface area contributed by atoms with Gasteiger partial charge in [-0.25, -0.2) is 9.71 Å². The molecule has 1 N–H and O–H groups in total. The lowest BCUT2D eigenvalue weighted by atomic mass is 10.6. The van der Waals surface area contributed by atoms with Gasteiger partial charge in [-0.15, -0.1) is 0 Å². The molecule has 0 aliphatic rings. The Hall–Kier alpha value is -1.12. The molecule has 0 aromatic carbocycles. The molecule has 0 atom stereocenters. The molecule has 1 heterocycles. The van der Waals surface area contributed by atoms with Gasteiger partial charge >= 0.3 is 10.2 Å². The van der Waals surface area contributed by atoms with Crippen molar-refractivity contribution in [3.63, 3.8) is 0 Å². The van der Waals surface area contributed by atoms with Crippen LogP contribution in [-0.4, -0.2) is 42.9 Å². The van der Waals surface area contributed by atoms with E-state index in [1.807, 2.05) is 0 Å². The van der Waals surface area contributed by atoms with Crippen molar-refractivity contribution < 1.29 is 13.2 Å². The van der Waals surface area contributed by atoms with E-state index in [1.165, 1.54) is 17.5 Å². The molecule has 0 amide bonds. The summed E-state index contributed by atoms with van der Waals surface area (Å²) in [4.78, 5) is 7.63. The molecule has 9 heteroatoms. The predicted octanol–water partition coefficient (Wildman–Crippen LogP) is 1.14. The number of methoxy groups -OCH3 is 1. The van der Waals surface area contributed by atoms with Crippen LogP contribution in [0.1, 0.15) is 13.8 Å². The van der Waals surface area contributed by atoms with Gasteiger partial charge in [0.15, 0.2) is 0 Å². The van der Waals surface area contributed by atoms with Crippen molar-refractivity contribution in [1.82, 2.24) is 14.3 Å². The monoisotopic (exact) mass is 294 g/mol. The summed E-state index contributed by atoms with van der Waals surface area (Å²) >= 11 is 5.73. The third-order valence-electron chi connectivity index (χ3n) is 2.15. The molecule has 0 bridgehead atoms. The van der Waals surface area contributed by atoms with Crippen LogP contribution in [0.25, 0.3) is 0 Å². The number of hydrogen-bond acceptors (Lipinski definition) is 5. The van der Waals surface area contributed by atoms with Crippen molar-refractivity contribution in [1.29, 1.82) is 0 Å². The summed E-state index contributed by atoms with van der Waals surface area (Å²) in [7, 11) is -2.27. The van der Waals surface area contributed by atoms with Crippen LogP contribution in [0.5, 0.6) is 5.88 Å². The summed E-state index contributed by atoms with van der Waals surface area (Å²) in [6, 6.07) is 1.39. The first-order chi connectivity index (χ1) is 8.42. The highest BCUT2D eigenvalue weighted by Gasteiger charge is 2.20. The zero-order valence-corrected chi connectivity index (χ0v) is 11.9. The van der Waals surface area contributed by atoms with E-state index in [0.29, 0.717) is 13.1 Å². The fourth-order valence-electron chi connectivity index (χ4n) is 1.29. The van der Waals surface area contributed by atoms with Crippen LogP contribution in [-0.2, 0) is 10.2 Å². The molecule has 0 fully saturated rings. The highest BCUT2D eigenvalue weighted by atomic mass is 35.5. The zero-order chi connectivity index (χ0) is 13.8. The second kappa shape index (κ2) is 6.17. The Morgan fingerprint density at radius 1 is 1.39 bits per heavy atom. The summed E-state index contributed by atoms with van der Waals surface area (Å²) < 4.78 is 32.2. The number of rotatable bonds is 6. The first-order valence-corrected chi connectivity index (χ1v) is 7.11. The van der Waals surface area contributed by atoms with Gasteiger partial charge in [-0.3, -0.25) is 0 Å². The molecule has 0 saturated heterocycles. The lowest BCUT2D eigenvalue weighted by Gasteiger charge is -2.18. The zero-order valence-electron chi connectivity index (χ0n) is 10.3. The maximum atomic E-state index is 11.9. The third kappa shape index (κ3) is 3.69. The van der Waals surface area contributed by atoms with E-state index in [0.717, 1.165) is 0 Å². The summed E-state index contributed by atoms with van der Waals surface area (Å²) in [6.45, 7) is 4.18. The second-order valence-corrected chi connectivity index (χ2v) is 5.31. The molecule has 102 valence electrons. The van der Waals surface area contributed by atoms with Gasteiger partial charge in [-0.1, -0.05) is 25.4 Å². The summed E-state index contributed by atoms with van der Waals surface area (Å²) in [6.07, 6.45) is 0. The number of ether oxygens (including phenoxy) is 1. The Labute approximate surface area is 111 Å². The van der Waals surface area contributed by atoms with Gasteiger partial charge in [-0.05, 0) is 0 Å². The summed E-state index contributed by atoms with van der Waals surface area (Å²) in [5.74, 6) is 0.0681. The predicted molar refractivity (Wildman–Crippen MR) is 69.1 cm³/mol. The van der Waals surface area contributed by atoms with Crippen LogP contribution in [0.4, 0.5) is 5.95 Å². The van der Waals surface area contributed by atoms with E-state index >= 15 is 0 Å². The minimum absolute atomic E-state index is 0.0964. The number of anilines is 1. The normalized spacial score (nSPS) is 11.6. The maximum Gasteiger partial charge on any atom is 0.303 e. The van der Waals surface area contributed by atoms with Gasteiger partial charge in [0, 0.05) is 19.2 Å². The van der Waals surface area contributed by atoms with Crippen molar-refractivity contribution in [3.05, 3.63) is 11.2 Å². The van der Waals surface area contributed by atoms with Gasteiger partial charge < -0.3 is 4.74 Å². The van der Waals surface area contributed by atoms with Crippen LogP contribution in [0, 0.1) is 0 Å². The molecule has 18 heavy (non-hydrogen) atoms. The van der Waals surface area contributed by atoms with E-state index in [2.05, 4.69) is 14.7 Å². The van der Waals surface area contributed by atoms with Gasteiger partial charge in [0.1, 0.15) is 5.15 Å². The van der Waals surface area contributed by atoms with E-state index in [9.17, 15) is 8.42 Å². The Balaban J connectivity index is 3.00. The lowest BCUT2D eigenvalue weighted by molar-refractivity contribution is 0.397. The fourth-order valence-corrected chi connectivity index (χ4v) is 2.59. The van der Waals surface area contributed by atoms with Crippen molar-refractivity contribution in [2.24, 2.45) is 0 Å². The van der Waals surface area contributed by atoms with Gasteiger partial charge in [0.05, 0.1) is 7.11 Å². The average Bonchev–Trinajstić information content (AvgIpc) is 2.28. The first kappa shape index (κ1) is 14.9. The molecule has 1 aromatic heterocycles. The first-order valence-electron chi connectivity index (χ1n) is 5.29. The number of aromatic nitrogens is 2. The number of nitrogens with one attached hydrogen (secondary N) is 1. The van der Waals surface area contributed by atoms with Gasteiger partial charge in [0.2, 0.25) is 11.8 Å². The van der Waals surface area contributed by atoms with Crippen LogP contribution in [0.15, 0.2) is 6.07 Å². The van der Waals surface area contributed by atoms with Gasteiger partial charge in [0.25, 0.3) is 0 Å². The van der Waals surface area contributed by atoms with Crippen molar-refractivity contribution in [2.75, 3.05) is 24.9 Å². The van der Waals surface area contributed by atoms with E-state index in [-0.39, 0.29) is 17.0 Å². The molecule has 1 rings (SSSR count). The topological polar surface area (TPSA) is 84.4 Å². The minimum atomic E-state index is -3.67. The van der Waals surface area contributed by atoms with Crippen molar-refractivity contribution >= 4 is 27.8 Å². The van der Waals surface area contributed by atoms with E-state index < -0.39 is 10.2 Å². The summed E-state index contributed by atoms with van der Waals surface area (Å²) in [5, 5.41) is 0.0964. The molecule has 0 unspecified atom stereocenters. The molecular weight excluding hydrogens is 280 g/mol. The molecular formula is C9H15ClN4O3S. The SMILES string of the molecule is CCN(CC)S(=O)(=O)Nc1nc(Cl)cc(OC)n1. The van der Waals surface area contributed by atoms with E-state index in [4.69, 9.17) is 16.3 Å². The maximum absolute atomic E-state index is 11.9. The Morgan fingerprint density at radius 2 is 2.00 bits per heavy atom. The Bertz CT molecular complexity index is 505. The molecule has 7 nitrogen and oxygen atoms in total. The fraction of sp³-hybridized carbons (Fsp3) is 0.556. The van der Waals surface area contributed by atoms with Crippen molar-refractivity contribution in [3.8, 4) is 5.88 Å². The highest BCUT2D eigenvalue weighted by Crippen LogP contribution is 2.17. The highest BCUT2D eigenvalue weighted by molar-refractivity contribution is 7.90. The minimum Gasteiger partial charge on any atom is -0.481 e. The Kier molecular flexibility index (Phi) is 5.12. The second-order valence-electron chi connectivity index (χ2n) is 3.25. The number of halogens is 1. The summed E-state index contributed by atoms with van der Waals surface area (Å²) in [5.41, 5.74) is 0. The molecule has 0 saturated carbocycles. The quantitative estimate of drug-likeness (QED) is 0.795. The van der Waals surface area contributed by atoms with Crippen LogP contribution in [0.2, 0.25) is 5.15 Å². The third-order valence-corrected chi connectivity index (χ3v) is 3.98. The molecule has 0 aliphatic carbocycles. The molecule has 0 spiro atoms. The van der Waals surface area contributed by atoms with Crippen LogP contribution < -0.4 is 9.46 Å². The van der Waals surface area contributed by atoms with Crippen LogP contribution >= 0.6 is 11.6 Å². The van der Waals surface area contributed by atoms with Crippen molar-refractivity contribution in [2.45, 2.75) is 13.8 Å². The standard InChI is InChI=1S/C9H15ClN4O3S/c1-4-14(5-2)18(15,16)13-9-11-7(10)6-8(12-9)17-3/h6H,4-5H2,1-3H3,(H,11,12,13). The van der Waals surface area contributed by atoms with Gasteiger partial charge in [-0.2, -0.15) is 17.7 Å². The largest absolute Gasteiger partial charge is 0.481 e. The number of nitrogens with zero attached hydrogens (tertiary/aromatic N) is 3. The average molecular weight is 295 g/mol. The van der Waals surface area contributed by atoms with E-state index in [1.54, 1.807) is 13.8 Å². The number of hydrogen-bond donors (Lipinski definition) is 1. The molecule has 0 radical (unpaired) electrons. The smallest absolute Gasteiger partial charge is 0.303 e. The molecule has 0 aliphatic heterocycles.